The van der Waals surface area contributed by atoms with Crippen molar-refractivity contribution in [3.63, 3.8) is 0 Å². The molecule has 1 amide bonds. The van der Waals surface area contributed by atoms with Crippen LogP contribution < -0.4 is 10.5 Å². The van der Waals surface area contributed by atoms with Crippen molar-refractivity contribution < 1.29 is 9.82 Å². The third-order valence-corrected chi connectivity index (χ3v) is 10.9. The standard InChI is InChI=1S/C44H92BN3O2/c1-5-7-9-11-13-15-17-19-21-23-25-27-29-31-33-37-41-48(44(49)43(46-4)39-35-36-40-47-45(3)50)42-38-34-32-30-28-26-24-22-20-18-16-14-12-10-8-6-2/h43,46-47,50H,5-42H2,1-4H3/t43-/m0/s1. The van der Waals surface area contributed by atoms with Gasteiger partial charge in [-0.1, -0.05) is 213 Å². The SMILES string of the molecule is CCCCCCCCCCCCCCCCCCN(CCCCCCCCCCCCCCCCCC)C(=O)[C@H](CCCCNB(C)O)NC. The van der Waals surface area contributed by atoms with Gasteiger partial charge in [0, 0.05) is 13.1 Å². The zero-order valence-corrected chi connectivity index (χ0v) is 34.8. The van der Waals surface area contributed by atoms with Gasteiger partial charge in [-0.15, -0.1) is 0 Å². The van der Waals surface area contributed by atoms with Crippen LogP contribution in [-0.2, 0) is 4.79 Å². The number of nitrogens with zero attached hydrogens (tertiary/aromatic N) is 1. The Morgan fingerprint density at radius 3 is 1.08 bits per heavy atom. The van der Waals surface area contributed by atoms with Gasteiger partial charge in [0.15, 0.2) is 0 Å². The van der Waals surface area contributed by atoms with Crippen LogP contribution in [0.3, 0.4) is 0 Å². The van der Waals surface area contributed by atoms with Gasteiger partial charge in [-0.05, 0) is 46.1 Å². The predicted molar refractivity (Wildman–Crippen MR) is 224 cm³/mol. The Hall–Kier alpha value is -0.585. The van der Waals surface area contributed by atoms with Crippen LogP contribution >= 0.6 is 0 Å². The highest BCUT2D eigenvalue weighted by molar-refractivity contribution is 6.45. The maximum atomic E-state index is 13.6. The zero-order chi connectivity index (χ0) is 36.6. The molecule has 0 fully saturated rings. The summed E-state index contributed by atoms with van der Waals surface area (Å²) in [5.41, 5.74) is 0. The molecule has 0 heterocycles. The van der Waals surface area contributed by atoms with E-state index in [0.717, 1.165) is 51.7 Å². The molecule has 0 saturated carbocycles. The van der Waals surface area contributed by atoms with Crippen molar-refractivity contribution in [3.8, 4) is 0 Å². The number of carbonyl (C=O) groups is 1. The van der Waals surface area contributed by atoms with E-state index in [2.05, 4.69) is 29.3 Å². The first kappa shape index (κ1) is 49.4. The van der Waals surface area contributed by atoms with E-state index in [-0.39, 0.29) is 6.04 Å². The van der Waals surface area contributed by atoms with E-state index in [0.29, 0.717) is 5.91 Å². The van der Waals surface area contributed by atoms with E-state index in [9.17, 15) is 9.82 Å². The Kier molecular flexibility index (Phi) is 40.7. The largest absolute Gasteiger partial charge is 0.437 e. The number of rotatable bonds is 42. The van der Waals surface area contributed by atoms with E-state index in [1.807, 2.05) is 7.05 Å². The summed E-state index contributed by atoms with van der Waals surface area (Å²) < 4.78 is 0. The molecule has 0 aromatic heterocycles. The van der Waals surface area contributed by atoms with E-state index in [4.69, 9.17) is 0 Å². The van der Waals surface area contributed by atoms with Gasteiger partial charge in [0.2, 0.25) is 5.91 Å². The maximum Gasteiger partial charge on any atom is 0.373 e. The van der Waals surface area contributed by atoms with Crippen LogP contribution in [0.1, 0.15) is 239 Å². The number of unbranched alkanes of at least 4 members (excludes halogenated alkanes) is 31. The van der Waals surface area contributed by atoms with Gasteiger partial charge in [-0.2, -0.15) is 0 Å². The molecule has 1 atom stereocenters. The maximum absolute atomic E-state index is 13.6. The fourth-order valence-electron chi connectivity index (χ4n) is 7.43. The van der Waals surface area contributed by atoms with Crippen molar-refractivity contribution in [1.82, 2.24) is 15.4 Å². The van der Waals surface area contributed by atoms with Crippen LogP contribution in [0.2, 0.25) is 6.82 Å². The molecule has 0 aliphatic heterocycles. The third-order valence-electron chi connectivity index (χ3n) is 10.9. The Balaban J connectivity index is 4.19. The number of hydrogen-bond donors (Lipinski definition) is 3. The van der Waals surface area contributed by atoms with Gasteiger partial charge in [-0.3, -0.25) is 4.79 Å². The molecule has 50 heavy (non-hydrogen) atoms. The lowest BCUT2D eigenvalue weighted by Crippen LogP contribution is -2.46. The highest BCUT2D eigenvalue weighted by atomic mass is 16.2. The number of nitrogens with one attached hydrogen (secondary N) is 2. The summed E-state index contributed by atoms with van der Waals surface area (Å²) in [4.78, 5) is 15.8. The van der Waals surface area contributed by atoms with Crippen LogP contribution in [-0.4, -0.2) is 55.6 Å². The van der Waals surface area contributed by atoms with Crippen LogP contribution in [0.5, 0.6) is 0 Å². The van der Waals surface area contributed by atoms with Crippen LogP contribution in [0.25, 0.3) is 0 Å². The summed E-state index contributed by atoms with van der Waals surface area (Å²) in [6, 6.07) is -0.0938. The minimum absolute atomic E-state index is 0.0938. The molecule has 0 unspecified atom stereocenters. The second-order valence-electron chi connectivity index (χ2n) is 15.9. The summed E-state index contributed by atoms with van der Waals surface area (Å²) in [7, 11) is 1.48. The monoisotopic (exact) mass is 706 g/mol. The highest BCUT2D eigenvalue weighted by Crippen LogP contribution is 2.16. The predicted octanol–water partition coefficient (Wildman–Crippen LogP) is 12.8. The summed E-state index contributed by atoms with van der Waals surface area (Å²) in [5, 5.41) is 15.9. The molecule has 0 radical (unpaired) electrons. The number of likely N-dealkylation sites (N-methyl/N-ethyl adjacent to an activating group) is 1. The molecular formula is C44H92BN3O2. The Labute approximate surface area is 315 Å². The Morgan fingerprint density at radius 2 is 0.800 bits per heavy atom. The van der Waals surface area contributed by atoms with E-state index in [1.54, 1.807) is 6.82 Å². The second-order valence-corrected chi connectivity index (χ2v) is 15.9. The molecule has 0 aromatic rings. The fourth-order valence-corrected chi connectivity index (χ4v) is 7.43. The van der Waals surface area contributed by atoms with Gasteiger partial charge < -0.3 is 20.5 Å². The first-order chi connectivity index (χ1) is 24.6. The highest BCUT2D eigenvalue weighted by Gasteiger charge is 2.22. The van der Waals surface area contributed by atoms with E-state index < -0.39 is 7.05 Å². The summed E-state index contributed by atoms with van der Waals surface area (Å²) >= 11 is 0. The van der Waals surface area contributed by atoms with Gasteiger partial charge in [0.1, 0.15) is 0 Å². The molecule has 298 valence electrons. The normalized spacial score (nSPS) is 12.1. The summed E-state index contributed by atoms with van der Waals surface area (Å²) in [6.45, 7) is 8.98. The van der Waals surface area contributed by atoms with Gasteiger partial charge >= 0.3 is 7.05 Å². The minimum atomic E-state index is -0.466. The Bertz CT molecular complexity index is 629. The summed E-state index contributed by atoms with van der Waals surface area (Å²) in [5.74, 6) is 0.304. The third kappa shape index (κ3) is 35.8. The number of amides is 1. The molecule has 0 aliphatic rings. The lowest BCUT2D eigenvalue weighted by molar-refractivity contribution is -0.133. The second kappa shape index (κ2) is 41.2. The molecule has 0 aliphatic carbocycles. The van der Waals surface area contributed by atoms with Crippen molar-refractivity contribution in [2.45, 2.75) is 251 Å². The first-order valence-electron chi connectivity index (χ1n) is 22.9. The molecule has 6 heteroatoms. The van der Waals surface area contributed by atoms with Crippen LogP contribution in [0, 0.1) is 0 Å². The smallest absolute Gasteiger partial charge is 0.373 e. The van der Waals surface area contributed by atoms with Crippen molar-refractivity contribution in [1.29, 1.82) is 0 Å². The number of carbonyl (C=O) groups excluding carboxylic acids is 1. The molecule has 0 aromatic carbocycles. The van der Waals surface area contributed by atoms with Crippen molar-refractivity contribution in [3.05, 3.63) is 0 Å². The van der Waals surface area contributed by atoms with Crippen LogP contribution in [0.4, 0.5) is 0 Å². The van der Waals surface area contributed by atoms with Crippen molar-refractivity contribution in [2.75, 3.05) is 26.7 Å². The zero-order valence-electron chi connectivity index (χ0n) is 34.8. The topological polar surface area (TPSA) is 64.6 Å². The fraction of sp³-hybridized carbons (Fsp3) is 0.977. The van der Waals surface area contributed by atoms with Gasteiger partial charge in [0.25, 0.3) is 0 Å². The molecule has 0 rings (SSSR count). The lowest BCUT2D eigenvalue weighted by Gasteiger charge is -2.27. The van der Waals surface area contributed by atoms with Crippen LogP contribution in [0.15, 0.2) is 0 Å². The molecule has 5 nitrogen and oxygen atoms in total. The summed E-state index contributed by atoms with van der Waals surface area (Å²) in [6.07, 6.45) is 47.0. The molecule has 0 saturated heterocycles. The van der Waals surface area contributed by atoms with E-state index >= 15 is 0 Å². The van der Waals surface area contributed by atoms with Crippen molar-refractivity contribution >= 4 is 13.0 Å². The average Bonchev–Trinajstić information content (AvgIpc) is 3.11. The molecule has 0 spiro atoms. The molecule has 0 bridgehead atoms. The van der Waals surface area contributed by atoms with Gasteiger partial charge in [-0.25, -0.2) is 0 Å². The number of hydrogen-bond acceptors (Lipinski definition) is 4. The molecular weight excluding hydrogens is 613 g/mol. The van der Waals surface area contributed by atoms with Gasteiger partial charge in [0.05, 0.1) is 6.04 Å². The van der Waals surface area contributed by atoms with E-state index in [1.165, 1.54) is 193 Å². The lowest BCUT2D eigenvalue weighted by atomic mass is 9.89. The first-order valence-corrected chi connectivity index (χ1v) is 22.9. The molecule has 3 N–H and O–H groups in total. The van der Waals surface area contributed by atoms with Crippen molar-refractivity contribution in [2.24, 2.45) is 0 Å². The average molecular weight is 706 g/mol. The minimum Gasteiger partial charge on any atom is -0.437 e. The quantitative estimate of drug-likeness (QED) is 0.0437. The Morgan fingerprint density at radius 1 is 0.500 bits per heavy atom.